The summed E-state index contributed by atoms with van der Waals surface area (Å²) in [4.78, 5) is 11.9. The number of hydrogen-bond acceptors (Lipinski definition) is 3. The molecule has 4 heteroatoms. The molecule has 1 aromatic rings. The van der Waals surface area contributed by atoms with Crippen LogP contribution in [0.25, 0.3) is 0 Å². The predicted molar refractivity (Wildman–Crippen MR) is 78.4 cm³/mol. The SMILES string of the molecule is CC1(C)[C@@H]2CC[C@@]1(C)/C(=N/NC(=O)c1ccsc1)C2. The molecule has 2 atom stereocenters. The minimum absolute atomic E-state index is 0.0991. The number of thiophene rings is 1. The maximum atomic E-state index is 11.9. The van der Waals surface area contributed by atoms with Crippen LogP contribution in [0.15, 0.2) is 21.9 Å². The van der Waals surface area contributed by atoms with Crippen LogP contribution in [0.2, 0.25) is 0 Å². The highest BCUT2D eigenvalue weighted by Gasteiger charge is 2.59. The summed E-state index contributed by atoms with van der Waals surface area (Å²) >= 11 is 1.53. The van der Waals surface area contributed by atoms with Gasteiger partial charge in [-0.1, -0.05) is 20.8 Å². The van der Waals surface area contributed by atoms with E-state index in [2.05, 4.69) is 31.3 Å². The third-order valence-electron chi connectivity index (χ3n) is 5.59. The Bertz CT molecular complexity index is 532. The van der Waals surface area contributed by atoms with Crippen molar-refractivity contribution >= 4 is 23.0 Å². The van der Waals surface area contributed by atoms with E-state index in [4.69, 9.17) is 0 Å². The minimum atomic E-state index is -0.0991. The van der Waals surface area contributed by atoms with E-state index in [1.54, 1.807) is 0 Å². The summed E-state index contributed by atoms with van der Waals surface area (Å²) in [5.74, 6) is 0.618. The standard InChI is InChI=1S/C15H20N2OS/c1-14(2)11-4-6-15(14,3)12(8-11)16-17-13(18)10-5-7-19-9-10/h5,7,9,11H,4,6,8H2,1-3H3,(H,17,18)/b16-12+/t11-,15+/m1/s1. The average molecular weight is 276 g/mol. The molecule has 1 amide bonds. The molecule has 3 rings (SSSR count). The van der Waals surface area contributed by atoms with Crippen LogP contribution in [0.5, 0.6) is 0 Å². The third kappa shape index (κ3) is 1.76. The number of hydrazone groups is 1. The first-order valence-electron chi connectivity index (χ1n) is 6.85. The number of hydrogen-bond donors (Lipinski definition) is 1. The van der Waals surface area contributed by atoms with E-state index in [1.807, 2.05) is 16.8 Å². The van der Waals surface area contributed by atoms with E-state index in [-0.39, 0.29) is 11.3 Å². The van der Waals surface area contributed by atoms with Crippen molar-refractivity contribution in [3.8, 4) is 0 Å². The van der Waals surface area contributed by atoms with Crippen LogP contribution in [0, 0.1) is 16.7 Å². The Morgan fingerprint density at radius 3 is 2.79 bits per heavy atom. The number of amides is 1. The van der Waals surface area contributed by atoms with Gasteiger partial charge in [-0.2, -0.15) is 16.4 Å². The van der Waals surface area contributed by atoms with E-state index in [9.17, 15) is 4.79 Å². The van der Waals surface area contributed by atoms with Crippen LogP contribution < -0.4 is 5.43 Å². The fourth-order valence-corrected chi connectivity index (χ4v) is 4.31. The summed E-state index contributed by atoms with van der Waals surface area (Å²) in [6, 6.07) is 1.83. The number of carbonyl (C=O) groups excluding carboxylic acids is 1. The lowest BCUT2D eigenvalue weighted by molar-refractivity contribution is 0.0954. The van der Waals surface area contributed by atoms with Crippen LogP contribution in [-0.2, 0) is 0 Å². The zero-order chi connectivity index (χ0) is 13.7. The summed E-state index contributed by atoms with van der Waals surface area (Å²) in [5, 5.41) is 8.21. The third-order valence-corrected chi connectivity index (χ3v) is 6.27. The van der Waals surface area contributed by atoms with Crippen molar-refractivity contribution in [2.75, 3.05) is 0 Å². The molecule has 0 aliphatic heterocycles. The summed E-state index contributed by atoms with van der Waals surface area (Å²) in [5.41, 5.74) is 5.06. The molecule has 1 heterocycles. The second-order valence-corrected chi connectivity index (χ2v) is 7.29. The van der Waals surface area contributed by atoms with Crippen LogP contribution in [0.4, 0.5) is 0 Å². The fourth-order valence-electron chi connectivity index (χ4n) is 3.67. The summed E-state index contributed by atoms with van der Waals surface area (Å²) in [7, 11) is 0. The van der Waals surface area contributed by atoms with Gasteiger partial charge < -0.3 is 0 Å². The average Bonchev–Trinajstić information content (AvgIpc) is 3.01. The van der Waals surface area contributed by atoms with Gasteiger partial charge in [-0.15, -0.1) is 0 Å². The van der Waals surface area contributed by atoms with E-state index in [0.717, 1.165) is 6.42 Å². The van der Waals surface area contributed by atoms with Crippen molar-refractivity contribution in [2.45, 2.75) is 40.0 Å². The molecule has 0 unspecified atom stereocenters. The van der Waals surface area contributed by atoms with Gasteiger partial charge in [0.2, 0.25) is 0 Å². The van der Waals surface area contributed by atoms with Crippen molar-refractivity contribution in [1.29, 1.82) is 0 Å². The van der Waals surface area contributed by atoms with Gasteiger partial charge in [0, 0.05) is 16.5 Å². The normalized spacial score (nSPS) is 33.8. The largest absolute Gasteiger partial charge is 0.272 e. The zero-order valence-corrected chi connectivity index (χ0v) is 12.5. The maximum Gasteiger partial charge on any atom is 0.272 e. The molecule has 2 aliphatic rings. The quantitative estimate of drug-likeness (QED) is 0.823. The van der Waals surface area contributed by atoms with Gasteiger partial charge in [0.05, 0.1) is 5.56 Å². The van der Waals surface area contributed by atoms with Crippen LogP contribution >= 0.6 is 11.3 Å². The van der Waals surface area contributed by atoms with Crippen LogP contribution in [0.1, 0.15) is 50.4 Å². The molecule has 0 saturated heterocycles. The summed E-state index contributed by atoms with van der Waals surface area (Å²) < 4.78 is 0. The Hall–Kier alpha value is -1.16. The van der Waals surface area contributed by atoms with Gasteiger partial charge >= 0.3 is 0 Å². The maximum absolute atomic E-state index is 11.9. The van der Waals surface area contributed by atoms with E-state index in [1.165, 1.54) is 29.9 Å². The number of nitrogens with zero attached hydrogens (tertiary/aromatic N) is 1. The van der Waals surface area contributed by atoms with Crippen molar-refractivity contribution < 1.29 is 4.79 Å². The van der Waals surface area contributed by atoms with Crippen molar-refractivity contribution in [1.82, 2.24) is 5.43 Å². The van der Waals surface area contributed by atoms with Gasteiger partial charge in [0.25, 0.3) is 5.91 Å². The highest BCUT2D eigenvalue weighted by Crippen LogP contribution is 2.63. The summed E-state index contributed by atoms with van der Waals surface area (Å²) in [6.07, 6.45) is 3.52. The first-order chi connectivity index (χ1) is 8.95. The molecule has 1 aromatic heterocycles. The van der Waals surface area contributed by atoms with E-state index >= 15 is 0 Å². The molecule has 2 fully saturated rings. The first-order valence-corrected chi connectivity index (χ1v) is 7.79. The van der Waals surface area contributed by atoms with Crippen LogP contribution in [-0.4, -0.2) is 11.6 Å². The molecular weight excluding hydrogens is 256 g/mol. The predicted octanol–water partition coefficient (Wildman–Crippen LogP) is 3.68. The molecule has 0 radical (unpaired) electrons. The van der Waals surface area contributed by atoms with Gasteiger partial charge in [-0.05, 0) is 42.0 Å². The van der Waals surface area contributed by atoms with Crippen molar-refractivity contribution in [3.63, 3.8) is 0 Å². The van der Waals surface area contributed by atoms with Gasteiger partial charge in [0.1, 0.15) is 0 Å². The zero-order valence-electron chi connectivity index (χ0n) is 11.7. The van der Waals surface area contributed by atoms with Crippen molar-refractivity contribution in [2.24, 2.45) is 21.8 Å². The number of carbonyl (C=O) groups is 1. The Morgan fingerprint density at radius 2 is 2.26 bits per heavy atom. The Labute approximate surface area is 118 Å². The second kappa shape index (κ2) is 4.17. The lowest BCUT2D eigenvalue weighted by Gasteiger charge is -2.34. The van der Waals surface area contributed by atoms with Gasteiger partial charge in [-0.3, -0.25) is 4.79 Å². The Balaban J connectivity index is 1.78. The minimum Gasteiger partial charge on any atom is -0.267 e. The lowest BCUT2D eigenvalue weighted by atomic mass is 9.70. The van der Waals surface area contributed by atoms with Crippen LogP contribution in [0.3, 0.4) is 0 Å². The molecule has 1 N–H and O–H groups in total. The number of fused-ring (bicyclic) bond motifs is 2. The topological polar surface area (TPSA) is 41.5 Å². The number of nitrogens with one attached hydrogen (secondary N) is 1. The monoisotopic (exact) mass is 276 g/mol. The molecular formula is C15H20N2OS. The molecule has 0 aromatic carbocycles. The van der Waals surface area contributed by atoms with E-state index < -0.39 is 0 Å². The first kappa shape index (κ1) is 12.9. The van der Waals surface area contributed by atoms with E-state index in [0.29, 0.717) is 16.9 Å². The molecule has 3 nitrogen and oxygen atoms in total. The van der Waals surface area contributed by atoms with Gasteiger partial charge in [0.15, 0.2) is 0 Å². The molecule has 2 bridgehead atoms. The highest BCUT2D eigenvalue weighted by atomic mass is 32.1. The number of rotatable bonds is 2. The smallest absolute Gasteiger partial charge is 0.267 e. The molecule has 2 aliphatic carbocycles. The fraction of sp³-hybridized carbons (Fsp3) is 0.600. The summed E-state index contributed by atoms with van der Waals surface area (Å²) in [6.45, 7) is 6.98. The Kier molecular flexibility index (Phi) is 2.82. The van der Waals surface area contributed by atoms with Gasteiger partial charge in [-0.25, -0.2) is 5.43 Å². The lowest BCUT2D eigenvalue weighted by Crippen LogP contribution is -2.34. The molecule has 102 valence electrons. The molecule has 0 spiro atoms. The van der Waals surface area contributed by atoms with Crippen molar-refractivity contribution in [3.05, 3.63) is 22.4 Å². The molecule has 19 heavy (non-hydrogen) atoms. The molecule has 2 saturated carbocycles. The Morgan fingerprint density at radius 1 is 1.47 bits per heavy atom. The highest BCUT2D eigenvalue weighted by molar-refractivity contribution is 7.08. The second-order valence-electron chi connectivity index (χ2n) is 6.50.